The smallest absolute Gasteiger partial charge is 0.255 e. The molecule has 0 spiro atoms. The van der Waals surface area contributed by atoms with Crippen LogP contribution in [0.25, 0.3) is 0 Å². The highest BCUT2D eigenvalue weighted by Crippen LogP contribution is 2.33. The van der Waals surface area contributed by atoms with Crippen LogP contribution in [0.3, 0.4) is 0 Å². The summed E-state index contributed by atoms with van der Waals surface area (Å²) >= 11 is 0. The van der Waals surface area contributed by atoms with Gasteiger partial charge >= 0.3 is 0 Å². The molecule has 1 aromatic rings. The van der Waals surface area contributed by atoms with Crippen LogP contribution < -0.4 is 14.8 Å². The van der Waals surface area contributed by atoms with Crippen molar-refractivity contribution in [3.05, 3.63) is 23.8 Å². The number of carbonyl (C=O) groups excluding carboxylic acids is 1. The van der Waals surface area contributed by atoms with Gasteiger partial charge in [-0.3, -0.25) is 4.79 Å². The van der Waals surface area contributed by atoms with Crippen LogP contribution in [0.4, 0.5) is 0 Å². The minimum absolute atomic E-state index is 0.226. The van der Waals surface area contributed by atoms with E-state index in [4.69, 9.17) is 9.47 Å². The first kappa shape index (κ1) is 14.2. The van der Waals surface area contributed by atoms with Crippen LogP contribution in [0.2, 0.25) is 0 Å². The van der Waals surface area contributed by atoms with E-state index in [1.807, 2.05) is 0 Å². The first-order valence-corrected chi connectivity index (χ1v) is 7.57. The van der Waals surface area contributed by atoms with Gasteiger partial charge in [-0.25, -0.2) is 0 Å². The minimum atomic E-state index is -0.764. The van der Waals surface area contributed by atoms with E-state index in [-0.39, 0.29) is 12.5 Å². The minimum Gasteiger partial charge on any atom is -0.486 e. The Balaban J connectivity index is 1.68. The molecule has 1 amide bonds. The van der Waals surface area contributed by atoms with Gasteiger partial charge in [0.1, 0.15) is 13.2 Å². The second-order valence-electron chi connectivity index (χ2n) is 5.80. The van der Waals surface area contributed by atoms with E-state index in [9.17, 15) is 9.90 Å². The summed E-state index contributed by atoms with van der Waals surface area (Å²) in [5.74, 6) is 0.874. The van der Waals surface area contributed by atoms with Crippen molar-refractivity contribution in [3.63, 3.8) is 0 Å². The van der Waals surface area contributed by atoms with E-state index >= 15 is 0 Å². The molecule has 0 radical (unpaired) electrons. The Hall–Kier alpha value is -1.75. The van der Waals surface area contributed by atoms with Crippen molar-refractivity contribution in [1.82, 2.24) is 5.32 Å². The fourth-order valence-corrected chi connectivity index (χ4v) is 2.98. The first-order chi connectivity index (χ1) is 10.2. The maximum absolute atomic E-state index is 12.3. The first-order valence-electron chi connectivity index (χ1n) is 7.57. The summed E-state index contributed by atoms with van der Waals surface area (Å²) in [5, 5.41) is 13.3. The Labute approximate surface area is 124 Å². The lowest BCUT2D eigenvalue weighted by Gasteiger charge is -2.32. The molecule has 1 aliphatic carbocycles. The zero-order valence-electron chi connectivity index (χ0n) is 12.1. The molecule has 0 unspecified atom stereocenters. The second kappa shape index (κ2) is 5.93. The predicted molar refractivity (Wildman–Crippen MR) is 77.8 cm³/mol. The summed E-state index contributed by atoms with van der Waals surface area (Å²) < 4.78 is 11.0. The number of carbonyl (C=O) groups is 1. The average molecular weight is 291 g/mol. The number of rotatable bonds is 3. The number of fused-ring (bicyclic) bond motifs is 1. The highest BCUT2D eigenvalue weighted by molar-refractivity contribution is 5.97. The van der Waals surface area contributed by atoms with Crippen LogP contribution in [-0.2, 0) is 0 Å². The molecule has 0 atom stereocenters. The highest BCUT2D eigenvalue weighted by Gasteiger charge is 2.30. The Morgan fingerprint density at radius 1 is 1.19 bits per heavy atom. The number of hydrogen-bond donors (Lipinski definition) is 2. The molecule has 2 aliphatic rings. The summed E-state index contributed by atoms with van der Waals surface area (Å²) in [7, 11) is 0. The molecule has 0 aromatic heterocycles. The number of para-hydroxylation sites is 1. The van der Waals surface area contributed by atoms with Crippen LogP contribution >= 0.6 is 0 Å². The molecule has 5 nitrogen and oxygen atoms in total. The SMILES string of the molecule is O=C(NCC1(O)CCCCC1)c1cccc2c1OCCO2. The number of benzene rings is 1. The van der Waals surface area contributed by atoms with Gasteiger partial charge in [0, 0.05) is 6.54 Å². The Bertz CT molecular complexity index is 523. The van der Waals surface area contributed by atoms with Gasteiger partial charge in [0.15, 0.2) is 11.5 Å². The molecular formula is C16H21NO4. The molecule has 2 N–H and O–H groups in total. The van der Waals surface area contributed by atoms with Crippen molar-refractivity contribution in [2.24, 2.45) is 0 Å². The third-order valence-corrected chi connectivity index (χ3v) is 4.17. The lowest BCUT2D eigenvalue weighted by molar-refractivity contribution is 0.00520. The van der Waals surface area contributed by atoms with Crippen LogP contribution in [0, 0.1) is 0 Å². The monoisotopic (exact) mass is 291 g/mol. The van der Waals surface area contributed by atoms with Crippen LogP contribution in [0.15, 0.2) is 18.2 Å². The van der Waals surface area contributed by atoms with Gasteiger partial charge in [-0.1, -0.05) is 25.3 Å². The maximum atomic E-state index is 12.3. The highest BCUT2D eigenvalue weighted by atomic mass is 16.6. The van der Waals surface area contributed by atoms with Crippen LogP contribution in [0.1, 0.15) is 42.5 Å². The Kier molecular flexibility index (Phi) is 4.01. The van der Waals surface area contributed by atoms with Crippen molar-refractivity contribution in [1.29, 1.82) is 0 Å². The van der Waals surface area contributed by atoms with Crippen LogP contribution in [-0.4, -0.2) is 36.4 Å². The normalized spacial score (nSPS) is 19.9. The van der Waals surface area contributed by atoms with Gasteiger partial charge in [-0.2, -0.15) is 0 Å². The summed E-state index contributed by atoms with van der Waals surface area (Å²) in [6.45, 7) is 1.23. The quantitative estimate of drug-likeness (QED) is 0.892. The summed E-state index contributed by atoms with van der Waals surface area (Å²) in [4.78, 5) is 12.3. The van der Waals surface area contributed by atoms with Crippen LogP contribution in [0.5, 0.6) is 11.5 Å². The molecule has 1 saturated carbocycles. The van der Waals surface area contributed by atoms with Crippen molar-refractivity contribution in [2.45, 2.75) is 37.7 Å². The zero-order valence-corrected chi connectivity index (χ0v) is 12.1. The number of hydrogen-bond acceptors (Lipinski definition) is 4. The largest absolute Gasteiger partial charge is 0.486 e. The number of amides is 1. The standard InChI is InChI=1S/C16H21NO4/c18-15(17-11-16(19)7-2-1-3-8-16)12-5-4-6-13-14(12)21-10-9-20-13/h4-6,19H,1-3,7-11H2,(H,17,18). The van der Waals surface area contributed by atoms with E-state index in [2.05, 4.69) is 5.32 Å². The average Bonchev–Trinajstić information content (AvgIpc) is 2.53. The molecule has 5 heteroatoms. The summed E-state index contributed by atoms with van der Waals surface area (Å²) in [5.41, 5.74) is -0.299. The topological polar surface area (TPSA) is 67.8 Å². The molecule has 114 valence electrons. The second-order valence-corrected chi connectivity index (χ2v) is 5.80. The van der Waals surface area contributed by atoms with E-state index < -0.39 is 5.60 Å². The van der Waals surface area contributed by atoms with E-state index in [1.165, 1.54) is 0 Å². The van der Waals surface area contributed by atoms with Gasteiger partial charge < -0.3 is 19.9 Å². The third kappa shape index (κ3) is 3.13. The fourth-order valence-electron chi connectivity index (χ4n) is 2.98. The van der Waals surface area contributed by atoms with Crippen molar-refractivity contribution in [2.75, 3.05) is 19.8 Å². The zero-order chi connectivity index (χ0) is 14.7. The predicted octanol–water partition coefficient (Wildman–Crippen LogP) is 1.88. The van der Waals surface area contributed by atoms with Gasteiger partial charge in [0.2, 0.25) is 0 Å². The molecule has 1 fully saturated rings. The number of aliphatic hydroxyl groups is 1. The van der Waals surface area contributed by atoms with Crippen molar-refractivity contribution < 1.29 is 19.4 Å². The lowest BCUT2D eigenvalue weighted by Crippen LogP contribution is -2.44. The molecule has 1 aromatic carbocycles. The number of nitrogens with one attached hydrogen (secondary N) is 1. The van der Waals surface area contributed by atoms with E-state index in [0.29, 0.717) is 30.3 Å². The van der Waals surface area contributed by atoms with Gasteiger partial charge in [-0.05, 0) is 25.0 Å². The molecular weight excluding hydrogens is 270 g/mol. The van der Waals surface area contributed by atoms with E-state index in [0.717, 1.165) is 32.1 Å². The lowest BCUT2D eigenvalue weighted by atomic mass is 9.85. The van der Waals surface area contributed by atoms with E-state index in [1.54, 1.807) is 18.2 Å². The molecule has 3 rings (SSSR count). The number of ether oxygens (including phenoxy) is 2. The van der Waals surface area contributed by atoms with Gasteiger partial charge in [0.05, 0.1) is 11.2 Å². The fraction of sp³-hybridized carbons (Fsp3) is 0.562. The molecule has 0 saturated heterocycles. The third-order valence-electron chi connectivity index (χ3n) is 4.17. The summed E-state index contributed by atoms with van der Waals surface area (Å²) in [6.07, 6.45) is 4.70. The van der Waals surface area contributed by atoms with Gasteiger partial charge in [-0.15, -0.1) is 0 Å². The molecule has 1 heterocycles. The van der Waals surface area contributed by atoms with Gasteiger partial charge in [0.25, 0.3) is 5.91 Å². The van der Waals surface area contributed by atoms with Crippen molar-refractivity contribution in [3.8, 4) is 11.5 Å². The maximum Gasteiger partial charge on any atom is 0.255 e. The molecule has 0 bridgehead atoms. The Morgan fingerprint density at radius 3 is 2.76 bits per heavy atom. The Morgan fingerprint density at radius 2 is 1.95 bits per heavy atom. The van der Waals surface area contributed by atoms with Crippen molar-refractivity contribution >= 4 is 5.91 Å². The summed E-state index contributed by atoms with van der Waals surface area (Å²) in [6, 6.07) is 5.28. The molecule has 21 heavy (non-hydrogen) atoms. The molecule has 1 aliphatic heterocycles.